The van der Waals surface area contributed by atoms with E-state index in [0.717, 1.165) is 18.2 Å². The van der Waals surface area contributed by atoms with E-state index in [-0.39, 0.29) is 5.69 Å². The molecule has 2 rings (SSSR count). The highest BCUT2D eigenvalue weighted by Crippen LogP contribution is 2.34. The zero-order valence-corrected chi connectivity index (χ0v) is 11.0. The van der Waals surface area contributed by atoms with Crippen molar-refractivity contribution in [3.8, 4) is 0 Å². The van der Waals surface area contributed by atoms with E-state index in [4.69, 9.17) is 0 Å². The van der Waals surface area contributed by atoms with Crippen LogP contribution >= 0.6 is 0 Å². The predicted molar refractivity (Wildman–Crippen MR) is 63.9 cm³/mol. The lowest BCUT2D eigenvalue weighted by Gasteiger charge is -2.22. The van der Waals surface area contributed by atoms with Crippen molar-refractivity contribution in [3.63, 3.8) is 0 Å². The summed E-state index contributed by atoms with van der Waals surface area (Å²) >= 11 is 0. The van der Waals surface area contributed by atoms with Gasteiger partial charge in [0.1, 0.15) is 0 Å². The second-order valence-corrected chi connectivity index (χ2v) is 4.42. The van der Waals surface area contributed by atoms with Crippen LogP contribution in [0, 0.1) is 18.6 Å². The molecule has 22 heavy (non-hydrogen) atoms. The Balaban J connectivity index is 2.36. The normalized spacial score (nSPS) is 13.0. The van der Waals surface area contributed by atoms with Crippen molar-refractivity contribution in [3.05, 3.63) is 52.9 Å². The monoisotopic (exact) mass is 320 g/mol. The molecule has 0 aliphatic rings. The molecule has 0 aliphatic carbocycles. The minimum absolute atomic E-state index is 0.283. The summed E-state index contributed by atoms with van der Waals surface area (Å²) in [6.07, 6.45) is -5.03. The van der Waals surface area contributed by atoms with E-state index < -0.39 is 41.1 Å². The number of benzene rings is 1. The van der Waals surface area contributed by atoms with Crippen LogP contribution in [0.25, 0.3) is 0 Å². The van der Waals surface area contributed by atoms with Crippen molar-refractivity contribution in [2.75, 3.05) is 0 Å². The van der Waals surface area contributed by atoms with E-state index in [1.807, 2.05) is 0 Å². The van der Waals surface area contributed by atoms with Crippen molar-refractivity contribution < 1.29 is 31.3 Å². The first-order valence-electron chi connectivity index (χ1n) is 5.95. The van der Waals surface area contributed by atoms with Gasteiger partial charge < -0.3 is 9.84 Å². The molecule has 9 heteroatoms. The minimum atomic E-state index is -5.03. The molecule has 2 aromatic rings. The fourth-order valence-electron chi connectivity index (χ4n) is 1.75. The highest BCUT2D eigenvalue weighted by atomic mass is 19.4. The molecule has 0 radical (unpaired) electrons. The van der Waals surface area contributed by atoms with Gasteiger partial charge in [-0.3, -0.25) is 4.79 Å². The molecule has 1 N–H and O–H groups in total. The maximum Gasteiger partial charge on any atom is 0.412 e. The Labute approximate surface area is 120 Å². The van der Waals surface area contributed by atoms with Gasteiger partial charge in [0.15, 0.2) is 17.7 Å². The lowest BCUT2D eigenvalue weighted by atomic mass is 10.1. The lowest BCUT2D eigenvalue weighted by molar-refractivity contribution is -0.156. The molecule has 4 nitrogen and oxygen atoms in total. The number of hydrogen-bond donors (Lipinski definition) is 1. The second-order valence-electron chi connectivity index (χ2n) is 4.42. The van der Waals surface area contributed by atoms with E-state index in [0.29, 0.717) is 6.07 Å². The molecule has 1 heterocycles. The second kappa shape index (κ2) is 5.74. The zero-order chi connectivity index (χ0) is 16.5. The highest BCUT2D eigenvalue weighted by Gasteiger charge is 2.44. The van der Waals surface area contributed by atoms with Crippen LogP contribution in [0.1, 0.15) is 27.9 Å². The number of carbonyl (C=O) groups excluding carboxylic acids is 1. The van der Waals surface area contributed by atoms with Crippen LogP contribution in [0.5, 0.6) is 0 Å². The van der Waals surface area contributed by atoms with E-state index >= 15 is 0 Å². The SMILES string of the molecule is Cc1cc(C(=O)NC(c2cccc(F)c2F)C(F)(F)F)on1. The number of aryl methyl sites for hydroxylation is 1. The molecule has 1 amide bonds. The summed E-state index contributed by atoms with van der Waals surface area (Å²) in [4.78, 5) is 11.7. The number of carbonyl (C=O) groups is 1. The number of nitrogens with zero attached hydrogens (tertiary/aromatic N) is 1. The Hall–Kier alpha value is -2.45. The van der Waals surface area contributed by atoms with Gasteiger partial charge in [0, 0.05) is 11.6 Å². The fourth-order valence-corrected chi connectivity index (χ4v) is 1.75. The van der Waals surface area contributed by atoms with E-state index in [1.165, 1.54) is 6.92 Å². The lowest BCUT2D eigenvalue weighted by Crippen LogP contribution is -2.38. The average Bonchev–Trinajstić information content (AvgIpc) is 2.85. The van der Waals surface area contributed by atoms with Crippen LogP contribution in [-0.4, -0.2) is 17.2 Å². The molecular weight excluding hydrogens is 311 g/mol. The van der Waals surface area contributed by atoms with Crippen molar-refractivity contribution in [2.45, 2.75) is 19.1 Å². The fraction of sp³-hybridized carbons (Fsp3) is 0.231. The highest BCUT2D eigenvalue weighted by molar-refractivity contribution is 5.91. The third-order valence-electron chi connectivity index (χ3n) is 2.75. The number of nitrogens with one attached hydrogen (secondary N) is 1. The van der Waals surface area contributed by atoms with Gasteiger partial charge in [-0.1, -0.05) is 17.3 Å². The van der Waals surface area contributed by atoms with Crippen molar-refractivity contribution in [1.29, 1.82) is 0 Å². The third-order valence-corrected chi connectivity index (χ3v) is 2.75. The summed E-state index contributed by atoms with van der Waals surface area (Å²) in [5.74, 6) is -4.84. The summed E-state index contributed by atoms with van der Waals surface area (Å²) in [6, 6.07) is 0.722. The smallest absolute Gasteiger partial charge is 0.351 e. The van der Waals surface area contributed by atoms with Gasteiger partial charge in [-0.15, -0.1) is 0 Å². The minimum Gasteiger partial charge on any atom is -0.351 e. The Kier molecular flexibility index (Phi) is 4.16. The van der Waals surface area contributed by atoms with Crippen LogP contribution in [0.2, 0.25) is 0 Å². The first kappa shape index (κ1) is 15.9. The Morgan fingerprint density at radius 1 is 1.32 bits per heavy atom. The third kappa shape index (κ3) is 3.23. The quantitative estimate of drug-likeness (QED) is 0.883. The van der Waals surface area contributed by atoms with E-state index in [2.05, 4.69) is 9.68 Å². The van der Waals surface area contributed by atoms with Crippen molar-refractivity contribution in [1.82, 2.24) is 10.5 Å². The Morgan fingerprint density at radius 2 is 2.00 bits per heavy atom. The maximum atomic E-state index is 13.6. The molecular formula is C13H9F5N2O2. The number of amides is 1. The summed E-state index contributed by atoms with van der Waals surface area (Å²) in [7, 11) is 0. The van der Waals surface area contributed by atoms with Gasteiger partial charge in [-0.05, 0) is 13.0 Å². The number of alkyl halides is 3. The summed E-state index contributed by atoms with van der Waals surface area (Å²) < 4.78 is 70.4. The largest absolute Gasteiger partial charge is 0.412 e. The number of hydrogen-bond acceptors (Lipinski definition) is 3. The molecule has 118 valence electrons. The van der Waals surface area contributed by atoms with Crippen LogP contribution in [0.15, 0.2) is 28.8 Å². The van der Waals surface area contributed by atoms with Gasteiger partial charge in [-0.2, -0.15) is 13.2 Å². The molecule has 0 bridgehead atoms. The molecule has 1 aromatic heterocycles. The molecule has 1 atom stereocenters. The van der Waals surface area contributed by atoms with Crippen LogP contribution < -0.4 is 5.32 Å². The van der Waals surface area contributed by atoms with Crippen LogP contribution in [0.3, 0.4) is 0 Å². The van der Waals surface area contributed by atoms with Crippen molar-refractivity contribution in [2.24, 2.45) is 0 Å². The van der Waals surface area contributed by atoms with Gasteiger partial charge in [0.25, 0.3) is 5.91 Å². The maximum absolute atomic E-state index is 13.6. The Morgan fingerprint density at radius 3 is 2.55 bits per heavy atom. The molecule has 1 aromatic carbocycles. The summed E-state index contributed by atoms with van der Waals surface area (Å²) in [6.45, 7) is 1.47. The standard InChI is InChI=1S/C13H9F5N2O2/c1-6-5-9(22-20-6)12(21)19-11(13(16,17)18)7-3-2-4-8(14)10(7)15/h2-5,11H,1H3,(H,19,21). The first-order chi connectivity index (χ1) is 10.2. The van der Waals surface area contributed by atoms with Crippen LogP contribution in [0.4, 0.5) is 22.0 Å². The molecule has 0 fully saturated rings. The number of aromatic nitrogens is 1. The molecule has 0 spiro atoms. The van der Waals surface area contributed by atoms with Crippen molar-refractivity contribution >= 4 is 5.91 Å². The van der Waals surface area contributed by atoms with E-state index in [1.54, 1.807) is 5.32 Å². The molecule has 0 saturated heterocycles. The van der Waals surface area contributed by atoms with Gasteiger partial charge in [0.2, 0.25) is 5.76 Å². The van der Waals surface area contributed by atoms with Gasteiger partial charge in [0.05, 0.1) is 5.69 Å². The Bertz CT molecular complexity index is 696. The number of rotatable bonds is 3. The van der Waals surface area contributed by atoms with Gasteiger partial charge in [-0.25, -0.2) is 8.78 Å². The summed E-state index contributed by atoms with van der Waals surface area (Å²) in [5, 5.41) is 4.93. The number of halogens is 5. The molecule has 0 aliphatic heterocycles. The van der Waals surface area contributed by atoms with Gasteiger partial charge >= 0.3 is 6.18 Å². The summed E-state index contributed by atoms with van der Waals surface area (Å²) in [5.41, 5.74) is -0.747. The zero-order valence-electron chi connectivity index (χ0n) is 11.0. The van der Waals surface area contributed by atoms with E-state index in [9.17, 15) is 26.7 Å². The average molecular weight is 320 g/mol. The topological polar surface area (TPSA) is 55.1 Å². The molecule has 0 saturated carbocycles. The molecule has 1 unspecified atom stereocenters. The predicted octanol–water partition coefficient (Wildman–Crippen LogP) is 3.29. The van der Waals surface area contributed by atoms with Crippen LogP contribution in [-0.2, 0) is 0 Å². The first-order valence-corrected chi connectivity index (χ1v) is 5.95.